The van der Waals surface area contributed by atoms with Crippen molar-refractivity contribution in [1.82, 2.24) is 14.7 Å². The van der Waals surface area contributed by atoms with Gasteiger partial charge in [0.15, 0.2) is 0 Å². The van der Waals surface area contributed by atoms with Crippen molar-refractivity contribution in [2.45, 2.75) is 25.0 Å². The molecule has 108 valence electrons. The SMILES string of the molecule is O=C(N1CCOCC1)N1C[C@@H](O)[C@H](N2CCCC2)C1. The largest absolute Gasteiger partial charge is 0.390 e. The Hall–Kier alpha value is -0.850. The van der Waals surface area contributed by atoms with Gasteiger partial charge in [-0.1, -0.05) is 0 Å². The molecule has 3 aliphatic rings. The predicted molar refractivity (Wildman–Crippen MR) is 70.0 cm³/mol. The fourth-order valence-electron chi connectivity index (χ4n) is 3.31. The maximum absolute atomic E-state index is 12.4. The highest BCUT2D eigenvalue weighted by Gasteiger charge is 2.39. The molecular formula is C13H23N3O3. The molecule has 0 bridgehead atoms. The van der Waals surface area contributed by atoms with Crippen molar-refractivity contribution >= 4 is 6.03 Å². The average molecular weight is 269 g/mol. The van der Waals surface area contributed by atoms with Crippen LogP contribution in [0.25, 0.3) is 0 Å². The van der Waals surface area contributed by atoms with E-state index in [2.05, 4.69) is 4.90 Å². The molecule has 3 heterocycles. The third-order valence-electron chi connectivity index (χ3n) is 4.42. The van der Waals surface area contributed by atoms with Gasteiger partial charge in [0.05, 0.1) is 25.4 Å². The van der Waals surface area contributed by atoms with Crippen LogP contribution in [0, 0.1) is 0 Å². The van der Waals surface area contributed by atoms with E-state index >= 15 is 0 Å². The van der Waals surface area contributed by atoms with E-state index < -0.39 is 6.10 Å². The second kappa shape index (κ2) is 5.64. The summed E-state index contributed by atoms with van der Waals surface area (Å²) in [5.74, 6) is 0. The van der Waals surface area contributed by atoms with E-state index in [1.54, 1.807) is 4.90 Å². The molecule has 3 fully saturated rings. The van der Waals surface area contributed by atoms with Crippen LogP contribution < -0.4 is 0 Å². The van der Waals surface area contributed by atoms with Crippen LogP contribution in [0.5, 0.6) is 0 Å². The molecule has 0 unspecified atom stereocenters. The lowest BCUT2D eigenvalue weighted by Crippen LogP contribution is -2.48. The number of hydrogen-bond donors (Lipinski definition) is 1. The van der Waals surface area contributed by atoms with Crippen LogP contribution in [0.4, 0.5) is 4.79 Å². The molecule has 2 atom stereocenters. The van der Waals surface area contributed by atoms with Crippen LogP contribution in [-0.4, -0.2) is 90.5 Å². The Morgan fingerprint density at radius 1 is 1.00 bits per heavy atom. The van der Waals surface area contributed by atoms with Gasteiger partial charge in [-0.25, -0.2) is 4.79 Å². The van der Waals surface area contributed by atoms with Crippen molar-refractivity contribution in [3.05, 3.63) is 0 Å². The molecule has 1 N–H and O–H groups in total. The zero-order valence-corrected chi connectivity index (χ0v) is 11.3. The van der Waals surface area contributed by atoms with Gasteiger partial charge in [0.25, 0.3) is 0 Å². The molecule has 3 saturated heterocycles. The Balaban J connectivity index is 1.58. The molecule has 6 nitrogen and oxygen atoms in total. The minimum Gasteiger partial charge on any atom is -0.390 e. The minimum absolute atomic E-state index is 0.0593. The van der Waals surface area contributed by atoms with E-state index in [1.807, 2.05) is 4.90 Å². The second-order valence-electron chi connectivity index (χ2n) is 5.66. The number of hydrogen-bond acceptors (Lipinski definition) is 4. The average Bonchev–Trinajstić information content (AvgIpc) is 3.08. The third-order valence-corrected chi connectivity index (χ3v) is 4.42. The zero-order valence-electron chi connectivity index (χ0n) is 11.3. The van der Waals surface area contributed by atoms with Gasteiger partial charge in [-0.05, 0) is 25.9 Å². The number of carbonyl (C=O) groups is 1. The van der Waals surface area contributed by atoms with Crippen LogP contribution in [0.3, 0.4) is 0 Å². The van der Waals surface area contributed by atoms with Crippen molar-refractivity contribution in [2.24, 2.45) is 0 Å². The smallest absolute Gasteiger partial charge is 0.320 e. The molecule has 0 aromatic rings. The topological polar surface area (TPSA) is 56.3 Å². The van der Waals surface area contributed by atoms with Crippen LogP contribution in [0.2, 0.25) is 0 Å². The molecule has 6 heteroatoms. The van der Waals surface area contributed by atoms with Gasteiger partial charge in [0, 0.05) is 26.2 Å². The maximum Gasteiger partial charge on any atom is 0.320 e. The summed E-state index contributed by atoms with van der Waals surface area (Å²) in [6.45, 7) is 5.83. The molecule has 3 aliphatic heterocycles. The molecule has 2 amide bonds. The standard InChI is InChI=1S/C13H23N3O3/c17-12-10-16(9-11(12)14-3-1-2-4-14)13(18)15-5-7-19-8-6-15/h11-12,17H,1-10H2/t11-,12-/m1/s1. The highest BCUT2D eigenvalue weighted by molar-refractivity contribution is 5.75. The van der Waals surface area contributed by atoms with Crippen LogP contribution in [0.1, 0.15) is 12.8 Å². The Bertz CT molecular complexity index is 327. The van der Waals surface area contributed by atoms with E-state index in [0.717, 1.165) is 13.1 Å². The highest BCUT2D eigenvalue weighted by atomic mass is 16.5. The lowest BCUT2D eigenvalue weighted by molar-refractivity contribution is 0.0441. The molecule has 0 aromatic carbocycles. The van der Waals surface area contributed by atoms with Crippen molar-refractivity contribution in [2.75, 3.05) is 52.5 Å². The summed E-state index contributed by atoms with van der Waals surface area (Å²) in [7, 11) is 0. The van der Waals surface area contributed by atoms with Gasteiger partial charge in [-0.2, -0.15) is 0 Å². The Labute approximate surface area is 113 Å². The van der Waals surface area contributed by atoms with Crippen LogP contribution in [0.15, 0.2) is 0 Å². The first kappa shape index (κ1) is 13.1. The molecule has 3 rings (SSSR count). The molecule has 0 spiro atoms. The number of likely N-dealkylation sites (tertiary alicyclic amines) is 2. The monoisotopic (exact) mass is 269 g/mol. The summed E-state index contributed by atoms with van der Waals surface area (Å²) in [6.07, 6.45) is 2.02. The Morgan fingerprint density at radius 2 is 1.68 bits per heavy atom. The maximum atomic E-state index is 12.4. The van der Waals surface area contributed by atoms with Gasteiger partial charge >= 0.3 is 6.03 Å². The lowest BCUT2D eigenvalue weighted by atomic mass is 10.2. The summed E-state index contributed by atoms with van der Waals surface area (Å²) < 4.78 is 5.27. The first-order valence-electron chi connectivity index (χ1n) is 7.29. The number of rotatable bonds is 1. The molecule has 0 saturated carbocycles. The molecule has 0 aromatic heterocycles. The summed E-state index contributed by atoms with van der Waals surface area (Å²) >= 11 is 0. The molecular weight excluding hydrogens is 246 g/mol. The summed E-state index contributed by atoms with van der Waals surface area (Å²) in [6, 6.07) is 0.191. The van der Waals surface area contributed by atoms with Crippen molar-refractivity contribution in [3.8, 4) is 0 Å². The van der Waals surface area contributed by atoms with Crippen LogP contribution >= 0.6 is 0 Å². The third kappa shape index (κ3) is 2.70. The predicted octanol–water partition coefficient (Wildman–Crippen LogP) is -0.420. The summed E-state index contributed by atoms with van der Waals surface area (Å²) in [5, 5.41) is 10.2. The van der Waals surface area contributed by atoms with Gasteiger partial charge in [0.2, 0.25) is 0 Å². The van der Waals surface area contributed by atoms with Gasteiger partial charge in [0.1, 0.15) is 0 Å². The number of carbonyl (C=O) groups excluding carboxylic acids is 1. The first-order chi connectivity index (χ1) is 9.25. The first-order valence-corrected chi connectivity index (χ1v) is 7.29. The van der Waals surface area contributed by atoms with E-state index in [0.29, 0.717) is 39.4 Å². The van der Waals surface area contributed by atoms with Crippen molar-refractivity contribution in [1.29, 1.82) is 0 Å². The van der Waals surface area contributed by atoms with Crippen LogP contribution in [-0.2, 0) is 4.74 Å². The fraction of sp³-hybridized carbons (Fsp3) is 0.923. The number of ether oxygens (including phenoxy) is 1. The van der Waals surface area contributed by atoms with Crippen molar-refractivity contribution < 1.29 is 14.6 Å². The highest BCUT2D eigenvalue weighted by Crippen LogP contribution is 2.22. The number of morpholine rings is 1. The van der Waals surface area contributed by atoms with E-state index in [1.165, 1.54) is 12.8 Å². The van der Waals surface area contributed by atoms with Gasteiger partial charge in [-0.15, -0.1) is 0 Å². The van der Waals surface area contributed by atoms with E-state index in [9.17, 15) is 9.90 Å². The molecule has 19 heavy (non-hydrogen) atoms. The van der Waals surface area contributed by atoms with Crippen molar-refractivity contribution in [3.63, 3.8) is 0 Å². The summed E-state index contributed by atoms with van der Waals surface area (Å²) in [5.41, 5.74) is 0. The lowest BCUT2D eigenvalue weighted by Gasteiger charge is -2.31. The van der Waals surface area contributed by atoms with E-state index in [-0.39, 0.29) is 12.1 Å². The van der Waals surface area contributed by atoms with Gasteiger partial charge in [-0.3, -0.25) is 4.90 Å². The Morgan fingerprint density at radius 3 is 2.37 bits per heavy atom. The minimum atomic E-state index is -0.400. The number of aliphatic hydroxyl groups is 1. The molecule has 0 aliphatic carbocycles. The number of β-amino-alcohol motifs (C(OH)–C–C–N with tert-alkyl or cyclic N) is 1. The number of amides is 2. The number of urea groups is 1. The normalized spacial score (nSPS) is 33.1. The molecule has 0 radical (unpaired) electrons. The van der Waals surface area contributed by atoms with E-state index in [4.69, 9.17) is 4.74 Å². The number of aliphatic hydroxyl groups excluding tert-OH is 1. The summed E-state index contributed by atoms with van der Waals surface area (Å²) in [4.78, 5) is 18.3. The fourth-order valence-corrected chi connectivity index (χ4v) is 3.31. The zero-order chi connectivity index (χ0) is 13.2. The number of nitrogens with zero attached hydrogens (tertiary/aromatic N) is 3. The Kier molecular flexibility index (Phi) is 3.91. The second-order valence-corrected chi connectivity index (χ2v) is 5.66. The quantitative estimate of drug-likeness (QED) is 0.702. The van der Waals surface area contributed by atoms with Gasteiger partial charge < -0.3 is 19.6 Å².